The van der Waals surface area contributed by atoms with E-state index in [1.807, 2.05) is 24.3 Å². The van der Waals surface area contributed by atoms with Crippen LogP contribution in [0.1, 0.15) is 0 Å². The number of rotatable bonds is 3. The molecular weight excluding hydrogens is 218 g/mol. The molecule has 0 fully saturated rings. The second kappa shape index (κ2) is 4.57. The topological polar surface area (TPSA) is 38.7 Å². The Kier molecular flexibility index (Phi) is 3.16. The zero-order chi connectivity index (χ0) is 9.80. The summed E-state index contributed by atoms with van der Waals surface area (Å²) in [4.78, 5) is 4.34. The average molecular weight is 226 g/mol. The molecule has 0 N–H and O–H groups in total. The Balaban J connectivity index is 2.32. The third-order valence-corrected chi connectivity index (χ3v) is 2.90. The highest BCUT2D eigenvalue weighted by Gasteiger charge is 2.00. The number of halogens is 1. The van der Waals surface area contributed by atoms with Crippen LogP contribution in [0.25, 0.3) is 11.0 Å². The highest BCUT2D eigenvalue weighted by molar-refractivity contribution is 7.99. The first-order valence-electron chi connectivity index (χ1n) is 4.18. The minimum atomic E-state index is 0.598. The highest BCUT2D eigenvalue weighted by atomic mass is 35.5. The van der Waals surface area contributed by atoms with Crippen LogP contribution in [-0.4, -0.2) is 26.8 Å². The van der Waals surface area contributed by atoms with Crippen molar-refractivity contribution < 1.29 is 0 Å². The lowest BCUT2D eigenvalue weighted by atomic mass is 10.3. The van der Waals surface area contributed by atoms with E-state index in [1.165, 1.54) is 11.8 Å². The molecule has 0 aliphatic carbocycles. The molecule has 2 aromatic rings. The summed E-state index contributed by atoms with van der Waals surface area (Å²) in [5.74, 6) is 1.41. The maximum atomic E-state index is 5.57. The summed E-state index contributed by atoms with van der Waals surface area (Å²) >= 11 is 7.09. The van der Waals surface area contributed by atoms with Crippen LogP contribution in [0, 0.1) is 0 Å². The predicted octanol–water partition coefficient (Wildman–Crippen LogP) is 2.36. The third-order valence-electron chi connectivity index (χ3n) is 1.65. The Hall–Kier alpha value is -0.870. The van der Waals surface area contributed by atoms with Crippen LogP contribution >= 0.6 is 23.4 Å². The van der Waals surface area contributed by atoms with E-state index in [9.17, 15) is 0 Å². The van der Waals surface area contributed by atoms with Gasteiger partial charge in [0.1, 0.15) is 5.52 Å². The Bertz CT molecular complexity index is 435. The fourth-order valence-corrected chi connectivity index (χ4v) is 1.81. The van der Waals surface area contributed by atoms with E-state index in [-0.39, 0.29) is 0 Å². The number of hydrogen-bond acceptors (Lipinski definition) is 4. The van der Waals surface area contributed by atoms with E-state index >= 15 is 0 Å². The summed E-state index contributed by atoms with van der Waals surface area (Å²) in [5.41, 5.74) is 1.70. The molecule has 0 saturated carbocycles. The van der Waals surface area contributed by atoms with Gasteiger partial charge in [-0.3, -0.25) is 0 Å². The SMILES string of the molecule is ClCCSc1nnc2ccccc2n1. The molecule has 0 aliphatic rings. The van der Waals surface area contributed by atoms with E-state index in [0.717, 1.165) is 16.8 Å². The number of fused-ring (bicyclic) bond motifs is 1. The van der Waals surface area contributed by atoms with Crippen molar-refractivity contribution in [2.24, 2.45) is 0 Å². The minimum absolute atomic E-state index is 0.598. The highest BCUT2D eigenvalue weighted by Crippen LogP contribution is 2.14. The molecule has 1 aromatic carbocycles. The molecule has 5 heteroatoms. The molecule has 0 atom stereocenters. The lowest BCUT2D eigenvalue weighted by Gasteiger charge is -1.98. The van der Waals surface area contributed by atoms with Crippen LogP contribution in [-0.2, 0) is 0 Å². The minimum Gasteiger partial charge on any atom is -0.219 e. The van der Waals surface area contributed by atoms with Crippen LogP contribution in [0.2, 0.25) is 0 Å². The molecule has 0 spiro atoms. The largest absolute Gasteiger partial charge is 0.219 e. The second-order valence-electron chi connectivity index (χ2n) is 2.62. The van der Waals surface area contributed by atoms with Gasteiger partial charge in [-0.1, -0.05) is 23.9 Å². The maximum absolute atomic E-state index is 5.57. The van der Waals surface area contributed by atoms with Gasteiger partial charge in [-0.2, -0.15) is 0 Å². The van der Waals surface area contributed by atoms with Crippen LogP contribution < -0.4 is 0 Å². The van der Waals surface area contributed by atoms with Crippen LogP contribution in [0.4, 0.5) is 0 Å². The molecule has 0 unspecified atom stereocenters. The van der Waals surface area contributed by atoms with Gasteiger partial charge in [-0.25, -0.2) is 4.98 Å². The van der Waals surface area contributed by atoms with Crippen molar-refractivity contribution in [1.82, 2.24) is 15.2 Å². The summed E-state index contributed by atoms with van der Waals surface area (Å²) < 4.78 is 0. The molecule has 2 rings (SSSR count). The van der Waals surface area contributed by atoms with Crippen molar-refractivity contribution in [3.63, 3.8) is 0 Å². The molecule has 0 amide bonds. The number of aromatic nitrogens is 3. The van der Waals surface area contributed by atoms with E-state index in [1.54, 1.807) is 0 Å². The summed E-state index contributed by atoms with van der Waals surface area (Å²) in [6, 6.07) is 7.68. The molecule has 3 nitrogen and oxygen atoms in total. The van der Waals surface area contributed by atoms with Crippen LogP contribution in [0.5, 0.6) is 0 Å². The third kappa shape index (κ3) is 2.13. The molecule has 1 aromatic heterocycles. The van der Waals surface area contributed by atoms with Gasteiger partial charge >= 0.3 is 0 Å². The lowest BCUT2D eigenvalue weighted by molar-refractivity contribution is 0.881. The predicted molar refractivity (Wildman–Crippen MR) is 58.8 cm³/mol. The second-order valence-corrected chi connectivity index (χ2v) is 4.06. The first-order valence-corrected chi connectivity index (χ1v) is 5.70. The molecule has 14 heavy (non-hydrogen) atoms. The molecule has 0 bridgehead atoms. The number of benzene rings is 1. The first kappa shape index (κ1) is 9.68. The van der Waals surface area contributed by atoms with E-state index in [4.69, 9.17) is 11.6 Å². The van der Waals surface area contributed by atoms with Crippen molar-refractivity contribution in [1.29, 1.82) is 0 Å². The zero-order valence-electron chi connectivity index (χ0n) is 7.35. The van der Waals surface area contributed by atoms with Gasteiger partial charge in [0.25, 0.3) is 0 Å². The fraction of sp³-hybridized carbons (Fsp3) is 0.222. The van der Waals surface area contributed by atoms with Gasteiger partial charge in [0.2, 0.25) is 5.16 Å². The number of para-hydroxylation sites is 1. The standard InChI is InChI=1S/C9H8ClN3S/c10-5-6-14-9-11-7-3-1-2-4-8(7)12-13-9/h1-4H,5-6H2. The summed E-state index contributed by atoms with van der Waals surface area (Å²) in [7, 11) is 0. The normalized spacial score (nSPS) is 10.6. The molecule has 0 saturated heterocycles. The lowest BCUT2D eigenvalue weighted by Crippen LogP contribution is -1.93. The van der Waals surface area contributed by atoms with Crippen molar-refractivity contribution in [2.45, 2.75) is 5.16 Å². The Labute approximate surface area is 90.9 Å². The maximum Gasteiger partial charge on any atom is 0.209 e. The van der Waals surface area contributed by atoms with E-state index < -0.39 is 0 Å². The average Bonchev–Trinajstić information content (AvgIpc) is 2.26. The summed E-state index contributed by atoms with van der Waals surface area (Å²) in [5, 5.41) is 8.73. The monoisotopic (exact) mass is 225 g/mol. The van der Waals surface area contributed by atoms with Gasteiger partial charge in [-0.15, -0.1) is 21.8 Å². The number of alkyl halides is 1. The number of nitrogens with zero attached hydrogens (tertiary/aromatic N) is 3. The van der Waals surface area contributed by atoms with Gasteiger partial charge in [-0.05, 0) is 12.1 Å². The van der Waals surface area contributed by atoms with Gasteiger partial charge < -0.3 is 0 Å². The fourth-order valence-electron chi connectivity index (χ4n) is 1.06. The Morgan fingerprint density at radius 2 is 1.93 bits per heavy atom. The smallest absolute Gasteiger partial charge is 0.209 e. The first-order chi connectivity index (χ1) is 6.90. The van der Waals surface area contributed by atoms with E-state index in [2.05, 4.69) is 15.2 Å². The Morgan fingerprint density at radius 3 is 2.71 bits per heavy atom. The van der Waals surface area contributed by atoms with Crippen molar-refractivity contribution >= 4 is 34.4 Å². The molecule has 72 valence electrons. The number of thioether (sulfide) groups is 1. The molecule has 1 heterocycles. The van der Waals surface area contributed by atoms with Crippen molar-refractivity contribution in [3.05, 3.63) is 24.3 Å². The van der Waals surface area contributed by atoms with Gasteiger partial charge in [0.15, 0.2) is 0 Å². The summed E-state index contributed by atoms with van der Waals surface area (Å²) in [6.45, 7) is 0. The van der Waals surface area contributed by atoms with Crippen LogP contribution in [0.3, 0.4) is 0 Å². The van der Waals surface area contributed by atoms with Crippen LogP contribution in [0.15, 0.2) is 29.4 Å². The summed E-state index contributed by atoms with van der Waals surface area (Å²) in [6.07, 6.45) is 0. The van der Waals surface area contributed by atoms with Crippen molar-refractivity contribution in [3.8, 4) is 0 Å². The number of hydrogen-bond donors (Lipinski definition) is 0. The van der Waals surface area contributed by atoms with Crippen molar-refractivity contribution in [2.75, 3.05) is 11.6 Å². The zero-order valence-corrected chi connectivity index (χ0v) is 8.92. The van der Waals surface area contributed by atoms with Gasteiger partial charge in [0.05, 0.1) is 5.52 Å². The Morgan fingerprint density at radius 1 is 1.14 bits per heavy atom. The van der Waals surface area contributed by atoms with Gasteiger partial charge in [0, 0.05) is 11.6 Å². The molecular formula is C9H8ClN3S. The quantitative estimate of drug-likeness (QED) is 0.594. The molecule has 0 aliphatic heterocycles. The molecule has 0 radical (unpaired) electrons. The van der Waals surface area contributed by atoms with E-state index in [0.29, 0.717) is 11.0 Å².